The van der Waals surface area contributed by atoms with E-state index in [1.807, 2.05) is 59.5 Å². The maximum Gasteiger partial charge on any atom is 0.265 e. The highest BCUT2D eigenvalue weighted by Gasteiger charge is 2.35. The Morgan fingerprint density at radius 3 is 2.48 bits per heavy atom. The number of allylic oxidation sites excluding steroid dienone is 1. The summed E-state index contributed by atoms with van der Waals surface area (Å²) in [7, 11) is 0. The minimum absolute atomic E-state index is 0.0757. The first-order chi connectivity index (χ1) is 10.4. The number of fused-ring (bicyclic) bond motifs is 1. The number of rotatable bonds is 1. The Kier molecular flexibility index (Phi) is 2.78. The van der Waals surface area contributed by atoms with Gasteiger partial charge in [0, 0.05) is 23.5 Å². The molecule has 3 nitrogen and oxygen atoms in total. The molecule has 1 N–H and O–H groups in total. The van der Waals surface area contributed by atoms with Crippen LogP contribution in [0.25, 0.3) is 5.57 Å². The standard InChI is InChI=1S/C18H16N2O/c21-18-17(15-10-6-12-19-15)14-9-4-5-11-16(14)20(18)13-7-2-1-3-8-13/h1-5,7-9,11,19H,6,10,12H2/b17-15+. The van der Waals surface area contributed by atoms with Crippen molar-refractivity contribution in [1.82, 2.24) is 5.32 Å². The molecule has 0 radical (unpaired) electrons. The molecule has 0 aromatic heterocycles. The molecule has 1 amide bonds. The lowest BCUT2D eigenvalue weighted by Crippen LogP contribution is -2.22. The van der Waals surface area contributed by atoms with E-state index in [0.29, 0.717) is 0 Å². The Morgan fingerprint density at radius 2 is 1.71 bits per heavy atom. The Morgan fingerprint density at radius 1 is 0.952 bits per heavy atom. The van der Waals surface area contributed by atoms with E-state index in [1.54, 1.807) is 0 Å². The second-order valence-corrected chi connectivity index (χ2v) is 5.38. The summed E-state index contributed by atoms with van der Waals surface area (Å²) in [5.74, 6) is 0.0757. The zero-order valence-corrected chi connectivity index (χ0v) is 11.7. The van der Waals surface area contributed by atoms with Gasteiger partial charge in [-0.2, -0.15) is 0 Å². The highest BCUT2D eigenvalue weighted by atomic mass is 16.2. The summed E-state index contributed by atoms with van der Waals surface area (Å²) in [6.07, 6.45) is 2.05. The lowest BCUT2D eigenvalue weighted by atomic mass is 10.0. The Labute approximate surface area is 123 Å². The number of nitrogens with one attached hydrogen (secondary N) is 1. The summed E-state index contributed by atoms with van der Waals surface area (Å²) >= 11 is 0. The summed E-state index contributed by atoms with van der Waals surface area (Å²) in [5.41, 5.74) is 4.86. The molecule has 1 saturated heterocycles. The summed E-state index contributed by atoms with van der Waals surface area (Å²) < 4.78 is 0. The fourth-order valence-corrected chi connectivity index (χ4v) is 3.15. The first-order valence-corrected chi connectivity index (χ1v) is 7.32. The van der Waals surface area contributed by atoms with Gasteiger partial charge >= 0.3 is 0 Å². The highest BCUT2D eigenvalue weighted by molar-refractivity contribution is 6.35. The van der Waals surface area contributed by atoms with Gasteiger partial charge in [0.1, 0.15) is 0 Å². The van der Waals surface area contributed by atoms with E-state index in [9.17, 15) is 4.79 Å². The van der Waals surface area contributed by atoms with Gasteiger partial charge in [0.05, 0.1) is 11.3 Å². The van der Waals surface area contributed by atoms with Crippen molar-refractivity contribution in [3.8, 4) is 0 Å². The van der Waals surface area contributed by atoms with Crippen molar-refractivity contribution in [1.29, 1.82) is 0 Å². The molecule has 0 bridgehead atoms. The molecule has 2 heterocycles. The Hall–Kier alpha value is -2.55. The normalized spacial score (nSPS) is 20.6. The number of benzene rings is 2. The van der Waals surface area contributed by atoms with Gasteiger partial charge in [-0.15, -0.1) is 0 Å². The number of anilines is 2. The van der Waals surface area contributed by atoms with Crippen LogP contribution < -0.4 is 10.2 Å². The summed E-state index contributed by atoms with van der Waals surface area (Å²) in [6, 6.07) is 17.9. The molecule has 1 fully saturated rings. The number of amides is 1. The SMILES string of the molecule is O=C1/C(=C2\CCCN2)c2ccccc2N1c1ccccc1. The van der Waals surface area contributed by atoms with Crippen LogP contribution in [0.15, 0.2) is 60.3 Å². The van der Waals surface area contributed by atoms with E-state index in [-0.39, 0.29) is 5.91 Å². The molecule has 0 saturated carbocycles. The van der Waals surface area contributed by atoms with Crippen LogP contribution in [0.1, 0.15) is 18.4 Å². The number of para-hydroxylation sites is 2. The third-order valence-corrected chi connectivity index (χ3v) is 4.09. The van der Waals surface area contributed by atoms with E-state index < -0.39 is 0 Å². The average Bonchev–Trinajstić information content (AvgIpc) is 3.13. The second-order valence-electron chi connectivity index (χ2n) is 5.38. The maximum atomic E-state index is 13.0. The number of carbonyl (C=O) groups excluding carboxylic acids is 1. The average molecular weight is 276 g/mol. The fourth-order valence-electron chi connectivity index (χ4n) is 3.15. The van der Waals surface area contributed by atoms with Crippen molar-refractivity contribution in [2.75, 3.05) is 11.4 Å². The van der Waals surface area contributed by atoms with Gasteiger partial charge in [-0.25, -0.2) is 0 Å². The van der Waals surface area contributed by atoms with Crippen LogP contribution in [0, 0.1) is 0 Å². The monoisotopic (exact) mass is 276 g/mol. The van der Waals surface area contributed by atoms with Gasteiger partial charge < -0.3 is 5.32 Å². The molecule has 0 unspecified atom stereocenters. The Bertz CT molecular complexity index is 726. The van der Waals surface area contributed by atoms with E-state index in [0.717, 1.165) is 47.6 Å². The Balaban J connectivity index is 1.92. The van der Waals surface area contributed by atoms with Crippen LogP contribution in [0.3, 0.4) is 0 Å². The third kappa shape index (κ3) is 1.85. The summed E-state index contributed by atoms with van der Waals surface area (Å²) in [6.45, 7) is 0.958. The van der Waals surface area contributed by atoms with Gasteiger partial charge in [-0.1, -0.05) is 36.4 Å². The van der Waals surface area contributed by atoms with Crippen molar-refractivity contribution in [3.63, 3.8) is 0 Å². The first kappa shape index (κ1) is 12.2. The number of carbonyl (C=O) groups is 1. The van der Waals surface area contributed by atoms with Crippen molar-refractivity contribution < 1.29 is 4.79 Å². The molecule has 3 heteroatoms. The van der Waals surface area contributed by atoms with Crippen LogP contribution in [0.2, 0.25) is 0 Å². The van der Waals surface area contributed by atoms with Crippen LogP contribution in [-0.4, -0.2) is 12.5 Å². The summed E-state index contributed by atoms with van der Waals surface area (Å²) in [4.78, 5) is 14.8. The summed E-state index contributed by atoms with van der Waals surface area (Å²) in [5, 5.41) is 3.37. The largest absolute Gasteiger partial charge is 0.388 e. The van der Waals surface area contributed by atoms with Gasteiger partial charge in [0.15, 0.2) is 0 Å². The highest BCUT2D eigenvalue weighted by Crippen LogP contribution is 2.43. The van der Waals surface area contributed by atoms with Gasteiger partial charge in [0.25, 0.3) is 5.91 Å². The van der Waals surface area contributed by atoms with E-state index in [4.69, 9.17) is 0 Å². The molecule has 4 rings (SSSR count). The molecular weight excluding hydrogens is 260 g/mol. The number of hydrogen-bond donors (Lipinski definition) is 1. The fraction of sp³-hybridized carbons (Fsp3) is 0.167. The van der Waals surface area contributed by atoms with E-state index >= 15 is 0 Å². The van der Waals surface area contributed by atoms with Crippen molar-refractivity contribution in [2.24, 2.45) is 0 Å². The molecule has 2 aromatic rings. The molecule has 2 aliphatic heterocycles. The van der Waals surface area contributed by atoms with Crippen LogP contribution in [-0.2, 0) is 4.79 Å². The molecule has 2 aromatic carbocycles. The van der Waals surface area contributed by atoms with Crippen molar-refractivity contribution in [2.45, 2.75) is 12.8 Å². The van der Waals surface area contributed by atoms with Crippen LogP contribution >= 0.6 is 0 Å². The minimum Gasteiger partial charge on any atom is -0.388 e. The lowest BCUT2D eigenvalue weighted by molar-refractivity contribution is -0.112. The molecule has 0 aliphatic carbocycles. The van der Waals surface area contributed by atoms with E-state index in [2.05, 4.69) is 5.32 Å². The van der Waals surface area contributed by atoms with Gasteiger partial charge in [-0.05, 0) is 31.0 Å². The molecule has 21 heavy (non-hydrogen) atoms. The van der Waals surface area contributed by atoms with Crippen molar-refractivity contribution in [3.05, 3.63) is 65.9 Å². The smallest absolute Gasteiger partial charge is 0.265 e. The third-order valence-electron chi connectivity index (χ3n) is 4.09. The quantitative estimate of drug-likeness (QED) is 0.809. The zero-order chi connectivity index (χ0) is 14.2. The van der Waals surface area contributed by atoms with Gasteiger partial charge in [-0.3, -0.25) is 9.69 Å². The maximum absolute atomic E-state index is 13.0. The lowest BCUT2D eigenvalue weighted by Gasteiger charge is -2.17. The zero-order valence-electron chi connectivity index (χ0n) is 11.7. The number of hydrogen-bond acceptors (Lipinski definition) is 2. The molecular formula is C18H16N2O. The minimum atomic E-state index is 0.0757. The molecule has 2 aliphatic rings. The molecule has 104 valence electrons. The second kappa shape index (κ2) is 4.77. The van der Waals surface area contributed by atoms with Crippen LogP contribution in [0.4, 0.5) is 11.4 Å². The topological polar surface area (TPSA) is 32.3 Å². The first-order valence-electron chi connectivity index (χ1n) is 7.32. The van der Waals surface area contributed by atoms with Gasteiger partial charge in [0.2, 0.25) is 0 Å². The predicted molar refractivity (Wildman–Crippen MR) is 84.2 cm³/mol. The molecule has 0 spiro atoms. The van der Waals surface area contributed by atoms with E-state index in [1.165, 1.54) is 0 Å². The van der Waals surface area contributed by atoms with Crippen LogP contribution in [0.5, 0.6) is 0 Å². The number of nitrogens with zero attached hydrogens (tertiary/aromatic N) is 1. The predicted octanol–water partition coefficient (Wildman–Crippen LogP) is 3.46. The van der Waals surface area contributed by atoms with Crippen molar-refractivity contribution >= 4 is 22.9 Å². The molecule has 0 atom stereocenters.